The summed E-state index contributed by atoms with van der Waals surface area (Å²) in [7, 11) is 0. The van der Waals surface area contributed by atoms with Crippen LogP contribution in [0.3, 0.4) is 0 Å². The lowest BCUT2D eigenvalue weighted by atomic mass is 9.43. The molecule has 10 aromatic rings. The van der Waals surface area contributed by atoms with Crippen molar-refractivity contribution < 1.29 is 4.42 Å². The van der Waals surface area contributed by atoms with E-state index in [0.717, 1.165) is 21.9 Å². The third-order valence-electron chi connectivity index (χ3n) is 18.5. The molecule has 4 heteroatoms. The van der Waals surface area contributed by atoms with Gasteiger partial charge in [-0.05, 0) is 155 Å². The number of furan rings is 1. The Morgan fingerprint density at radius 2 is 1.17 bits per heavy atom. The van der Waals surface area contributed by atoms with E-state index in [1.807, 2.05) is 0 Å². The molecule has 0 N–H and O–H groups in total. The molecule has 3 nitrogen and oxygen atoms in total. The molecule has 70 heavy (non-hydrogen) atoms. The molecule has 0 saturated heterocycles. The minimum absolute atomic E-state index is 0.0150. The highest BCUT2D eigenvalue weighted by molar-refractivity contribution is 6.94. The van der Waals surface area contributed by atoms with Crippen LogP contribution in [0.4, 0.5) is 11.4 Å². The van der Waals surface area contributed by atoms with Crippen molar-refractivity contribution in [2.75, 3.05) is 4.81 Å². The zero-order valence-electron chi connectivity index (χ0n) is 42.5. The summed E-state index contributed by atoms with van der Waals surface area (Å²) in [6, 6.07) is 52.2. The number of aromatic nitrogens is 1. The summed E-state index contributed by atoms with van der Waals surface area (Å²) in [6.07, 6.45) is 2.34. The maximum absolute atomic E-state index is 6.89. The van der Waals surface area contributed by atoms with E-state index in [0.29, 0.717) is 0 Å². The van der Waals surface area contributed by atoms with Crippen LogP contribution >= 0.6 is 0 Å². The van der Waals surface area contributed by atoms with E-state index in [1.165, 1.54) is 135 Å². The Balaban J connectivity index is 1.20. The SMILES string of the molecule is CC(C)(C)c1ccc(N2B3c4cc5c(cc4-n4c6cc7c(cc6c6c8c(c(c3c64)-c3cc4oc6ccccc6c4cc32)-c2ccccc2C8(C)C)C(C)(C)CCC7(C)C)C(C)(C)c2ccccc2-5)cc1. The second-order valence-electron chi connectivity index (χ2n) is 25.1. The van der Waals surface area contributed by atoms with E-state index in [-0.39, 0.29) is 33.9 Å². The smallest absolute Gasteiger partial charge is 0.333 e. The third kappa shape index (κ3) is 4.88. The van der Waals surface area contributed by atoms with Crippen molar-refractivity contribution in [2.45, 2.75) is 116 Å². The Morgan fingerprint density at radius 3 is 1.90 bits per heavy atom. The molecule has 342 valence electrons. The zero-order valence-corrected chi connectivity index (χ0v) is 42.5. The third-order valence-corrected chi connectivity index (χ3v) is 18.5. The molecule has 2 aliphatic heterocycles. The van der Waals surface area contributed by atoms with Gasteiger partial charge in [-0.1, -0.05) is 161 Å². The van der Waals surface area contributed by atoms with Gasteiger partial charge in [-0.15, -0.1) is 0 Å². The van der Waals surface area contributed by atoms with Crippen LogP contribution in [0.5, 0.6) is 0 Å². The summed E-state index contributed by atoms with van der Waals surface area (Å²) in [6.45, 7) is 26.7. The molecule has 0 spiro atoms. The lowest BCUT2D eigenvalue weighted by Crippen LogP contribution is -2.61. The summed E-state index contributed by atoms with van der Waals surface area (Å²) in [5, 5.41) is 5.10. The summed E-state index contributed by atoms with van der Waals surface area (Å²) in [5.74, 6) is 0. The van der Waals surface area contributed by atoms with E-state index in [9.17, 15) is 0 Å². The Kier molecular flexibility index (Phi) is 7.48. The number of nitrogens with zero attached hydrogens (tertiary/aromatic N) is 2. The molecule has 0 atom stereocenters. The number of rotatable bonds is 1. The Labute approximate surface area is 412 Å². The Hall–Kier alpha value is -6.78. The summed E-state index contributed by atoms with van der Waals surface area (Å²) >= 11 is 0. The van der Waals surface area contributed by atoms with Crippen molar-refractivity contribution in [3.05, 3.63) is 172 Å². The summed E-state index contributed by atoms with van der Waals surface area (Å²) < 4.78 is 9.66. The molecule has 0 saturated carbocycles. The van der Waals surface area contributed by atoms with Gasteiger partial charge in [0, 0.05) is 55.0 Å². The van der Waals surface area contributed by atoms with Crippen LogP contribution in [0.2, 0.25) is 0 Å². The molecule has 8 aromatic carbocycles. The van der Waals surface area contributed by atoms with Crippen LogP contribution in [0.1, 0.15) is 128 Å². The number of fused-ring (bicyclic) bond motifs is 20. The van der Waals surface area contributed by atoms with Crippen molar-refractivity contribution >= 4 is 72.9 Å². The van der Waals surface area contributed by atoms with E-state index in [4.69, 9.17) is 4.42 Å². The van der Waals surface area contributed by atoms with Crippen LogP contribution < -0.4 is 15.7 Å². The van der Waals surface area contributed by atoms with E-state index in [2.05, 4.69) is 219 Å². The van der Waals surface area contributed by atoms with Crippen molar-refractivity contribution in [3.8, 4) is 39.1 Å². The first-order chi connectivity index (χ1) is 33.4. The second-order valence-corrected chi connectivity index (χ2v) is 25.1. The van der Waals surface area contributed by atoms with Crippen molar-refractivity contribution in [3.63, 3.8) is 0 Å². The number of anilines is 2. The molecule has 4 heterocycles. The van der Waals surface area contributed by atoms with Crippen LogP contribution in [0, 0.1) is 0 Å². The minimum atomic E-state index is -0.272. The molecule has 0 radical (unpaired) electrons. The maximum Gasteiger partial charge on any atom is 0.333 e. The van der Waals surface area contributed by atoms with Gasteiger partial charge in [0.15, 0.2) is 0 Å². The molecular formula is C66H59BN2O. The molecule has 0 amide bonds. The van der Waals surface area contributed by atoms with Gasteiger partial charge in [0.05, 0.1) is 11.0 Å². The first kappa shape index (κ1) is 41.0. The van der Waals surface area contributed by atoms with Crippen molar-refractivity contribution in [1.29, 1.82) is 0 Å². The van der Waals surface area contributed by atoms with E-state index in [1.54, 1.807) is 0 Å². The van der Waals surface area contributed by atoms with Gasteiger partial charge in [0.1, 0.15) is 11.2 Å². The number of hydrogen-bond acceptors (Lipinski definition) is 2. The quantitative estimate of drug-likeness (QED) is 0.153. The average molecular weight is 907 g/mol. The summed E-state index contributed by atoms with van der Waals surface area (Å²) in [4.78, 5) is 2.73. The lowest BCUT2D eigenvalue weighted by molar-refractivity contribution is 0.332. The number of benzene rings is 8. The average Bonchev–Trinajstić information content (AvgIpc) is 4.01. The molecule has 5 aliphatic rings. The fraction of sp³-hybridized carbons (Fsp3) is 0.273. The fourth-order valence-electron chi connectivity index (χ4n) is 14.7. The molecule has 15 rings (SSSR count). The van der Waals surface area contributed by atoms with E-state index >= 15 is 0 Å². The topological polar surface area (TPSA) is 21.3 Å². The van der Waals surface area contributed by atoms with Gasteiger partial charge < -0.3 is 13.8 Å². The van der Waals surface area contributed by atoms with Gasteiger partial charge in [0.25, 0.3) is 0 Å². The van der Waals surface area contributed by atoms with Crippen LogP contribution in [0.25, 0.3) is 82.8 Å². The lowest BCUT2D eigenvalue weighted by Gasteiger charge is -2.43. The highest BCUT2D eigenvalue weighted by Gasteiger charge is 2.51. The Bertz CT molecular complexity index is 4050. The first-order valence-electron chi connectivity index (χ1n) is 25.8. The largest absolute Gasteiger partial charge is 0.456 e. The first-order valence-corrected chi connectivity index (χ1v) is 25.8. The molecule has 2 aromatic heterocycles. The normalized spacial score (nSPS) is 17.9. The molecular weight excluding hydrogens is 848 g/mol. The Morgan fingerprint density at radius 1 is 0.514 bits per heavy atom. The maximum atomic E-state index is 6.89. The van der Waals surface area contributed by atoms with Gasteiger partial charge >= 0.3 is 6.85 Å². The van der Waals surface area contributed by atoms with E-state index < -0.39 is 0 Å². The fourth-order valence-corrected chi connectivity index (χ4v) is 14.7. The van der Waals surface area contributed by atoms with Crippen LogP contribution in [-0.2, 0) is 27.1 Å². The monoisotopic (exact) mass is 906 g/mol. The highest BCUT2D eigenvalue weighted by atomic mass is 16.3. The molecule has 0 unspecified atom stereocenters. The highest BCUT2D eigenvalue weighted by Crippen LogP contribution is 2.61. The zero-order chi connectivity index (χ0) is 47.9. The number of hydrogen-bond donors (Lipinski definition) is 0. The second kappa shape index (κ2) is 12.8. The van der Waals surface area contributed by atoms with Crippen LogP contribution in [0.15, 0.2) is 138 Å². The van der Waals surface area contributed by atoms with Crippen molar-refractivity contribution in [1.82, 2.24) is 4.57 Å². The van der Waals surface area contributed by atoms with Gasteiger partial charge in [-0.3, -0.25) is 0 Å². The van der Waals surface area contributed by atoms with Gasteiger partial charge in [-0.25, -0.2) is 0 Å². The minimum Gasteiger partial charge on any atom is -0.456 e. The summed E-state index contributed by atoms with van der Waals surface area (Å²) in [5.41, 5.74) is 28.7. The predicted molar refractivity (Wildman–Crippen MR) is 296 cm³/mol. The molecule has 3 aliphatic carbocycles. The standard InChI is InChI=1S/C66H59BN2O/c1-62(2,3)36-24-26-37(27-25-36)69-52-32-42-39-19-14-17-23-54(39)70-55(42)33-44(52)57-56-40-20-13-16-22-46(40)66(10,11)59(56)58-43-30-48-49(64(6,7)29-28-63(48,4)5)35-51(43)68-53-34-47-41(31-50(53)67(69)60(57)61(58)68)38-18-12-15-21-45(38)65(47,8)9/h12-27,30-35H,28-29H2,1-11H3. The van der Waals surface area contributed by atoms with Crippen molar-refractivity contribution in [2.24, 2.45) is 0 Å². The predicted octanol–water partition coefficient (Wildman–Crippen LogP) is 16.2. The van der Waals surface area contributed by atoms with Gasteiger partial charge in [0.2, 0.25) is 0 Å². The van der Waals surface area contributed by atoms with Gasteiger partial charge in [-0.2, -0.15) is 0 Å². The molecule has 0 fully saturated rings. The number of para-hydroxylation sites is 1. The van der Waals surface area contributed by atoms with Crippen LogP contribution in [-0.4, -0.2) is 11.4 Å². The molecule has 0 bridgehead atoms.